The van der Waals surface area contributed by atoms with E-state index in [2.05, 4.69) is 30.1 Å². The van der Waals surface area contributed by atoms with Crippen LogP contribution < -0.4 is 0 Å². The summed E-state index contributed by atoms with van der Waals surface area (Å²) < 4.78 is 5.25. The Hall–Kier alpha value is -1.37. The maximum Gasteiger partial charge on any atom is 0.226 e. The number of nitrogens with zero attached hydrogens (tertiary/aromatic N) is 3. The molecule has 1 aliphatic carbocycles. The molecule has 1 fully saturated rings. The lowest BCUT2D eigenvalue weighted by Crippen LogP contribution is -2.20. The smallest absolute Gasteiger partial charge is 0.226 e. The number of hydrogen-bond donors (Lipinski definition) is 0. The summed E-state index contributed by atoms with van der Waals surface area (Å²) >= 11 is 0. The Labute approximate surface area is 108 Å². The number of aromatic nitrogens is 2. The molecule has 0 amide bonds. The predicted octanol–water partition coefficient (Wildman–Crippen LogP) is 3.60. The van der Waals surface area contributed by atoms with Gasteiger partial charge in [0, 0.05) is 18.8 Å². The van der Waals surface area contributed by atoms with Gasteiger partial charge in [0.15, 0.2) is 5.82 Å². The summed E-state index contributed by atoms with van der Waals surface area (Å²) in [5, 5.41) is 12.6. The Morgan fingerprint density at radius 3 is 2.78 bits per heavy atom. The highest BCUT2D eigenvalue weighted by molar-refractivity contribution is 4.99. The number of aryl methyl sites for hydroxylation is 1. The molecule has 4 nitrogen and oxygen atoms in total. The molecule has 0 saturated heterocycles. The molecule has 1 saturated carbocycles. The van der Waals surface area contributed by atoms with Gasteiger partial charge >= 0.3 is 0 Å². The third kappa shape index (κ3) is 3.32. The molecule has 0 radical (unpaired) electrons. The normalized spacial score (nSPS) is 19.6. The van der Waals surface area contributed by atoms with Crippen LogP contribution in [-0.2, 0) is 6.42 Å². The van der Waals surface area contributed by atoms with Gasteiger partial charge in [0.25, 0.3) is 0 Å². The van der Waals surface area contributed by atoms with Crippen LogP contribution in [0.5, 0.6) is 0 Å². The van der Waals surface area contributed by atoms with Gasteiger partial charge in [-0.15, -0.1) is 0 Å². The van der Waals surface area contributed by atoms with Crippen molar-refractivity contribution >= 4 is 0 Å². The van der Waals surface area contributed by atoms with Gasteiger partial charge in [0.2, 0.25) is 5.89 Å². The lowest BCUT2D eigenvalue weighted by molar-refractivity contribution is 0.218. The summed E-state index contributed by atoms with van der Waals surface area (Å²) in [5.74, 6) is 2.02. The van der Waals surface area contributed by atoms with E-state index in [0.29, 0.717) is 23.6 Å². The van der Waals surface area contributed by atoms with E-state index in [1.807, 2.05) is 0 Å². The molecule has 0 aliphatic heterocycles. The molecular weight excluding hydrogens is 226 g/mol. The van der Waals surface area contributed by atoms with Gasteiger partial charge in [-0.25, -0.2) is 0 Å². The van der Waals surface area contributed by atoms with Crippen molar-refractivity contribution in [3.05, 3.63) is 11.7 Å². The fraction of sp³-hybridized carbons (Fsp3) is 0.786. The lowest BCUT2D eigenvalue weighted by Gasteiger charge is -2.32. The van der Waals surface area contributed by atoms with E-state index in [1.54, 1.807) is 0 Å². The maximum atomic E-state index is 8.49. The van der Waals surface area contributed by atoms with Gasteiger partial charge in [-0.1, -0.05) is 19.0 Å². The molecule has 0 atom stereocenters. The Morgan fingerprint density at radius 1 is 1.39 bits per heavy atom. The molecule has 1 aromatic heterocycles. The van der Waals surface area contributed by atoms with Crippen LogP contribution in [0.4, 0.5) is 0 Å². The van der Waals surface area contributed by atoms with Crippen molar-refractivity contribution < 1.29 is 4.52 Å². The summed E-state index contributed by atoms with van der Waals surface area (Å²) in [7, 11) is 0. The Kier molecular flexibility index (Phi) is 4.00. The standard InChI is InChI=1S/C14H21N3O/c1-14(2)8-6-11(7-9-14)13-16-12(18-17-13)5-3-4-10-15/h11H,3-9H2,1-2H3. The van der Waals surface area contributed by atoms with Crippen molar-refractivity contribution in [3.8, 4) is 6.07 Å². The SMILES string of the molecule is CC1(C)CCC(c2noc(CCCC#N)n2)CC1. The van der Waals surface area contributed by atoms with Gasteiger partial charge < -0.3 is 4.52 Å². The van der Waals surface area contributed by atoms with Gasteiger partial charge in [-0.3, -0.25) is 0 Å². The zero-order valence-electron chi connectivity index (χ0n) is 11.3. The van der Waals surface area contributed by atoms with Crippen LogP contribution in [0.3, 0.4) is 0 Å². The molecule has 4 heteroatoms. The number of nitriles is 1. The quantitative estimate of drug-likeness (QED) is 0.762. The first-order chi connectivity index (χ1) is 8.61. The van der Waals surface area contributed by atoms with Gasteiger partial charge in [0.1, 0.15) is 0 Å². The monoisotopic (exact) mass is 247 g/mol. The summed E-state index contributed by atoms with van der Waals surface area (Å²) in [6.07, 6.45) is 6.85. The predicted molar refractivity (Wildman–Crippen MR) is 67.8 cm³/mol. The van der Waals surface area contributed by atoms with Crippen molar-refractivity contribution in [1.82, 2.24) is 10.1 Å². The molecule has 2 rings (SSSR count). The fourth-order valence-electron chi connectivity index (χ4n) is 2.51. The minimum atomic E-state index is 0.464. The molecular formula is C14H21N3O. The van der Waals surface area contributed by atoms with Crippen LogP contribution in [-0.4, -0.2) is 10.1 Å². The van der Waals surface area contributed by atoms with E-state index in [0.717, 1.165) is 31.5 Å². The zero-order valence-corrected chi connectivity index (χ0v) is 11.3. The van der Waals surface area contributed by atoms with Crippen molar-refractivity contribution in [2.45, 2.75) is 64.7 Å². The first-order valence-electron chi connectivity index (χ1n) is 6.80. The third-order valence-corrected chi connectivity index (χ3v) is 3.87. The first kappa shape index (κ1) is 13.1. The van der Waals surface area contributed by atoms with Crippen LogP contribution in [0.1, 0.15) is 70.0 Å². The van der Waals surface area contributed by atoms with Crippen LogP contribution in [0.2, 0.25) is 0 Å². The summed E-state index contributed by atoms with van der Waals surface area (Å²) in [4.78, 5) is 4.47. The molecule has 1 aromatic rings. The number of rotatable bonds is 4. The van der Waals surface area contributed by atoms with E-state index in [9.17, 15) is 0 Å². The van der Waals surface area contributed by atoms with Crippen LogP contribution in [0, 0.1) is 16.7 Å². The fourth-order valence-corrected chi connectivity index (χ4v) is 2.51. The molecule has 1 aliphatic rings. The van der Waals surface area contributed by atoms with Gasteiger partial charge in [0.05, 0.1) is 6.07 Å². The number of hydrogen-bond acceptors (Lipinski definition) is 4. The highest BCUT2D eigenvalue weighted by Gasteiger charge is 2.29. The van der Waals surface area contributed by atoms with Crippen LogP contribution in [0.25, 0.3) is 0 Å². The molecule has 18 heavy (non-hydrogen) atoms. The second kappa shape index (κ2) is 5.51. The topological polar surface area (TPSA) is 62.7 Å². The summed E-state index contributed by atoms with van der Waals surface area (Å²) in [6, 6.07) is 2.13. The lowest BCUT2D eigenvalue weighted by atomic mass is 9.73. The third-order valence-electron chi connectivity index (χ3n) is 3.87. The van der Waals surface area contributed by atoms with Crippen molar-refractivity contribution in [2.24, 2.45) is 5.41 Å². The van der Waals surface area contributed by atoms with E-state index in [1.165, 1.54) is 12.8 Å². The molecule has 98 valence electrons. The van der Waals surface area contributed by atoms with Crippen molar-refractivity contribution in [3.63, 3.8) is 0 Å². The number of unbranched alkanes of at least 4 members (excludes halogenated alkanes) is 1. The van der Waals surface area contributed by atoms with E-state index in [-0.39, 0.29) is 0 Å². The zero-order chi connectivity index (χ0) is 13.0. The molecule has 0 aromatic carbocycles. The van der Waals surface area contributed by atoms with Crippen LogP contribution in [0.15, 0.2) is 4.52 Å². The van der Waals surface area contributed by atoms with Crippen LogP contribution >= 0.6 is 0 Å². The summed E-state index contributed by atoms with van der Waals surface area (Å²) in [6.45, 7) is 4.65. The second-order valence-electron chi connectivity index (χ2n) is 6.00. The Balaban J connectivity index is 1.89. The minimum Gasteiger partial charge on any atom is -0.339 e. The van der Waals surface area contributed by atoms with E-state index < -0.39 is 0 Å². The van der Waals surface area contributed by atoms with Gasteiger partial charge in [-0.05, 0) is 37.5 Å². The summed E-state index contributed by atoms with van der Waals surface area (Å²) in [5.41, 5.74) is 0.468. The highest BCUT2D eigenvalue weighted by Crippen LogP contribution is 2.41. The Morgan fingerprint density at radius 2 is 2.11 bits per heavy atom. The largest absolute Gasteiger partial charge is 0.339 e. The molecule has 0 spiro atoms. The van der Waals surface area contributed by atoms with Crippen molar-refractivity contribution in [1.29, 1.82) is 5.26 Å². The average molecular weight is 247 g/mol. The average Bonchev–Trinajstić information content (AvgIpc) is 2.78. The Bertz CT molecular complexity index is 420. The molecule has 0 N–H and O–H groups in total. The first-order valence-corrected chi connectivity index (χ1v) is 6.80. The van der Waals surface area contributed by atoms with E-state index >= 15 is 0 Å². The second-order valence-corrected chi connectivity index (χ2v) is 6.00. The molecule has 1 heterocycles. The highest BCUT2D eigenvalue weighted by atomic mass is 16.5. The maximum absolute atomic E-state index is 8.49. The molecule has 0 bridgehead atoms. The van der Waals surface area contributed by atoms with Gasteiger partial charge in [-0.2, -0.15) is 10.2 Å². The van der Waals surface area contributed by atoms with E-state index in [4.69, 9.17) is 9.78 Å². The van der Waals surface area contributed by atoms with Crippen molar-refractivity contribution in [2.75, 3.05) is 0 Å². The molecule has 0 unspecified atom stereocenters. The minimum absolute atomic E-state index is 0.464.